The lowest BCUT2D eigenvalue weighted by Gasteiger charge is -2.38. The van der Waals surface area contributed by atoms with Gasteiger partial charge in [0.15, 0.2) is 6.61 Å². The van der Waals surface area contributed by atoms with Crippen LogP contribution in [-0.4, -0.2) is 46.2 Å². The van der Waals surface area contributed by atoms with E-state index in [-0.39, 0.29) is 11.6 Å². The van der Waals surface area contributed by atoms with Gasteiger partial charge in [-0.1, -0.05) is 47.3 Å². The van der Waals surface area contributed by atoms with E-state index in [1.165, 1.54) is 4.90 Å². The number of nitriles is 1. The lowest BCUT2D eigenvalue weighted by atomic mass is 9.81. The van der Waals surface area contributed by atoms with Crippen LogP contribution in [0.5, 0.6) is 0 Å². The molecule has 28 heavy (non-hydrogen) atoms. The molecule has 7 nitrogen and oxygen atoms in total. The van der Waals surface area contributed by atoms with Gasteiger partial charge in [0.25, 0.3) is 5.91 Å². The average molecular weight is 445 g/mol. The molecule has 0 bridgehead atoms. The quantitative estimate of drug-likeness (QED) is 0.708. The number of ether oxygens (including phenoxy) is 1. The monoisotopic (exact) mass is 444 g/mol. The maximum Gasteiger partial charge on any atom is 0.356 e. The highest BCUT2D eigenvalue weighted by Crippen LogP contribution is 2.32. The number of carbonyl (C=O) groups is 2. The van der Waals surface area contributed by atoms with Crippen LogP contribution in [0.15, 0.2) is 34.8 Å². The molecule has 1 amide bonds. The summed E-state index contributed by atoms with van der Waals surface area (Å²) >= 11 is 3.37. The largest absolute Gasteiger partial charge is 0.451 e. The molecule has 0 spiro atoms. The van der Waals surface area contributed by atoms with E-state index in [0.717, 1.165) is 29.3 Å². The molecule has 1 aromatic heterocycles. The maximum absolute atomic E-state index is 12.5. The fourth-order valence-electron chi connectivity index (χ4n) is 3.39. The minimum atomic E-state index is -0.801. The predicted molar refractivity (Wildman–Crippen MR) is 106 cm³/mol. The Bertz CT molecular complexity index is 895. The molecular formula is C20H21BrN4O3. The van der Waals surface area contributed by atoms with Crippen LogP contribution < -0.4 is 0 Å². The molecule has 0 aliphatic heterocycles. The highest BCUT2D eigenvalue weighted by Gasteiger charge is 2.39. The molecule has 8 heteroatoms. The molecule has 0 atom stereocenters. The number of nitrogens with zero attached hydrogens (tertiary/aromatic N) is 3. The second-order valence-electron chi connectivity index (χ2n) is 6.91. The van der Waals surface area contributed by atoms with Crippen LogP contribution in [0.3, 0.4) is 0 Å². The Labute approximate surface area is 171 Å². The van der Waals surface area contributed by atoms with Gasteiger partial charge >= 0.3 is 5.97 Å². The van der Waals surface area contributed by atoms with Crippen molar-refractivity contribution in [3.8, 4) is 17.3 Å². The van der Waals surface area contributed by atoms with Crippen molar-refractivity contribution in [2.24, 2.45) is 0 Å². The molecule has 1 fully saturated rings. The van der Waals surface area contributed by atoms with Gasteiger partial charge in [-0.15, -0.1) is 0 Å². The van der Waals surface area contributed by atoms with Gasteiger partial charge in [0, 0.05) is 17.1 Å². The van der Waals surface area contributed by atoms with Gasteiger partial charge in [0.2, 0.25) is 0 Å². The number of H-pyrrole nitrogens is 1. The summed E-state index contributed by atoms with van der Waals surface area (Å²) in [5, 5.41) is 16.3. The van der Waals surface area contributed by atoms with E-state index in [4.69, 9.17) is 4.74 Å². The molecule has 2 aromatic rings. The summed E-state index contributed by atoms with van der Waals surface area (Å²) in [6.07, 6.45) is 4.20. The summed E-state index contributed by atoms with van der Waals surface area (Å²) in [6.45, 7) is -0.411. The van der Waals surface area contributed by atoms with Gasteiger partial charge in [-0.05, 0) is 31.0 Å². The van der Waals surface area contributed by atoms with Gasteiger partial charge in [-0.2, -0.15) is 10.4 Å². The molecule has 0 unspecified atom stereocenters. The minimum Gasteiger partial charge on any atom is -0.451 e. The van der Waals surface area contributed by atoms with Crippen LogP contribution >= 0.6 is 15.9 Å². The van der Waals surface area contributed by atoms with Crippen molar-refractivity contribution in [3.63, 3.8) is 0 Å². The number of esters is 1. The van der Waals surface area contributed by atoms with Gasteiger partial charge in [-0.3, -0.25) is 9.89 Å². The number of aromatic nitrogens is 2. The topological polar surface area (TPSA) is 99.1 Å². The van der Waals surface area contributed by atoms with Crippen LogP contribution in [0, 0.1) is 11.3 Å². The maximum atomic E-state index is 12.5. The summed E-state index contributed by atoms with van der Waals surface area (Å²) < 4.78 is 6.09. The first-order valence-electron chi connectivity index (χ1n) is 9.11. The molecular weight excluding hydrogens is 424 g/mol. The summed E-state index contributed by atoms with van der Waals surface area (Å²) in [4.78, 5) is 26.2. The van der Waals surface area contributed by atoms with E-state index >= 15 is 0 Å². The van der Waals surface area contributed by atoms with Crippen molar-refractivity contribution < 1.29 is 14.3 Å². The Morgan fingerprint density at radius 3 is 2.61 bits per heavy atom. The third kappa shape index (κ3) is 4.25. The normalized spacial score (nSPS) is 15.5. The fourth-order valence-corrected chi connectivity index (χ4v) is 3.66. The molecule has 1 saturated carbocycles. The summed E-state index contributed by atoms with van der Waals surface area (Å²) in [5.74, 6) is -1.04. The molecule has 1 heterocycles. The van der Waals surface area contributed by atoms with Crippen molar-refractivity contribution in [3.05, 3.63) is 40.5 Å². The summed E-state index contributed by atoms with van der Waals surface area (Å²) in [7, 11) is 1.60. The molecule has 1 aliphatic carbocycles. The first kappa shape index (κ1) is 20.1. The number of halogens is 1. The third-order valence-electron chi connectivity index (χ3n) is 5.17. The van der Waals surface area contributed by atoms with Crippen molar-refractivity contribution in [2.45, 2.75) is 37.6 Å². The first-order valence-corrected chi connectivity index (χ1v) is 9.91. The fraction of sp³-hybridized carbons (Fsp3) is 0.400. The van der Waals surface area contributed by atoms with Gasteiger partial charge < -0.3 is 9.64 Å². The van der Waals surface area contributed by atoms with Crippen molar-refractivity contribution >= 4 is 27.8 Å². The standard InChI is InChI=1S/C20H21BrN4O3/c1-25(20(13-22)9-3-2-4-10-20)18(26)12-28-19(27)17-11-16(23-24-17)14-5-7-15(21)8-6-14/h5-8,11H,2-4,9-10,12H2,1H3,(H,23,24). The van der Waals surface area contributed by atoms with E-state index in [9.17, 15) is 14.9 Å². The van der Waals surface area contributed by atoms with Gasteiger partial charge in [0.1, 0.15) is 11.2 Å². The van der Waals surface area contributed by atoms with Gasteiger partial charge in [-0.25, -0.2) is 4.79 Å². The van der Waals surface area contributed by atoms with E-state index < -0.39 is 18.1 Å². The third-order valence-corrected chi connectivity index (χ3v) is 5.70. The zero-order chi connectivity index (χ0) is 20.1. The van der Waals surface area contributed by atoms with E-state index in [2.05, 4.69) is 32.2 Å². The summed E-state index contributed by atoms with van der Waals surface area (Å²) in [5.41, 5.74) is 0.821. The average Bonchev–Trinajstić information content (AvgIpc) is 3.22. The second-order valence-corrected chi connectivity index (χ2v) is 7.82. The number of benzene rings is 1. The Kier molecular flexibility index (Phi) is 6.15. The molecule has 1 aliphatic rings. The van der Waals surface area contributed by atoms with Crippen molar-refractivity contribution in [1.82, 2.24) is 15.1 Å². The zero-order valence-electron chi connectivity index (χ0n) is 15.6. The van der Waals surface area contributed by atoms with Gasteiger partial charge in [0.05, 0.1) is 11.8 Å². The van der Waals surface area contributed by atoms with Crippen LogP contribution in [0.25, 0.3) is 11.3 Å². The molecule has 1 aromatic carbocycles. The number of aromatic amines is 1. The molecule has 0 saturated heterocycles. The van der Waals surface area contributed by atoms with E-state index in [1.807, 2.05) is 24.3 Å². The SMILES string of the molecule is CN(C(=O)COC(=O)c1cc(-c2ccc(Br)cc2)n[nH]1)C1(C#N)CCCCC1. The second kappa shape index (κ2) is 8.57. The molecule has 0 radical (unpaired) electrons. The lowest BCUT2D eigenvalue weighted by Crippen LogP contribution is -2.51. The van der Waals surface area contributed by atoms with Crippen LogP contribution in [0.4, 0.5) is 0 Å². The number of nitrogens with one attached hydrogen (secondary N) is 1. The number of hydrogen-bond donors (Lipinski definition) is 1. The highest BCUT2D eigenvalue weighted by atomic mass is 79.9. The number of amides is 1. The van der Waals surface area contributed by atoms with E-state index in [1.54, 1.807) is 13.1 Å². The Hall–Kier alpha value is -2.66. The Morgan fingerprint density at radius 1 is 1.29 bits per heavy atom. The van der Waals surface area contributed by atoms with Crippen LogP contribution in [0.1, 0.15) is 42.6 Å². The zero-order valence-corrected chi connectivity index (χ0v) is 17.2. The predicted octanol–water partition coefficient (Wildman–Crippen LogP) is 3.68. The smallest absolute Gasteiger partial charge is 0.356 e. The Morgan fingerprint density at radius 2 is 1.96 bits per heavy atom. The van der Waals surface area contributed by atoms with Crippen molar-refractivity contribution in [2.75, 3.05) is 13.7 Å². The number of hydrogen-bond acceptors (Lipinski definition) is 5. The molecule has 146 valence electrons. The van der Waals surface area contributed by atoms with E-state index in [0.29, 0.717) is 18.5 Å². The number of likely N-dealkylation sites (N-methyl/N-ethyl adjacent to an activating group) is 1. The lowest BCUT2D eigenvalue weighted by molar-refractivity contribution is -0.138. The van der Waals surface area contributed by atoms with Crippen molar-refractivity contribution in [1.29, 1.82) is 5.26 Å². The number of carbonyl (C=O) groups excluding carboxylic acids is 2. The first-order chi connectivity index (χ1) is 13.4. The molecule has 1 N–H and O–H groups in total. The highest BCUT2D eigenvalue weighted by molar-refractivity contribution is 9.10. The van der Waals surface area contributed by atoms with Crippen LogP contribution in [-0.2, 0) is 9.53 Å². The van der Waals surface area contributed by atoms with Crippen LogP contribution in [0.2, 0.25) is 0 Å². The number of rotatable bonds is 5. The minimum absolute atomic E-state index is 0.168. The Balaban J connectivity index is 1.60. The molecule has 3 rings (SSSR count). The summed E-state index contributed by atoms with van der Waals surface area (Å²) in [6, 6.07) is 11.4.